The Morgan fingerprint density at radius 2 is 2.04 bits per heavy atom. The zero-order chi connectivity index (χ0) is 16.0. The maximum atomic E-state index is 4.81. The third kappa shape index (κ3) is 2.33. The smallest absolute Gasteiger partial charge is 0.163 e. The van der Waals surface area contributed by atoms with Gasteiger partial charge >= 0.3 is 0 Å². The predicted octanol–water partition coefficient (Wildman–Crippen LogP) is 3.40. The van der Waals surface area contributed by atoms with Gasteiger partial charge in [0, 0.05) is 18.2 Å². The lowest BCUT2D eigenvalue weighted by molar-refractivity contribution is 0.633. The second kappa shape index (κ2) is 5.32. The van der Waals surface area contributed by atoms with E-state index in [4.69, 9.17) is 4.98 Å². The summed E-state index contributed by atoms with van der Waals surface area (Å²) in [6.45, 7) is 8.60. The SMILES string of the molecule is CCCCN1Cc2nnc(C3(C)CC3)n2-c2ncc(CC)cc21. The molecule has 0 spiro atoms. The van der Waals surface area contributed by atoms with Gasteiger partial charge in [-0.3, -0.25) is 4.57 Å². The van der Waals surface area contributed by atoms with E-state index in [0.717, 1.165) is 37.0 Å². The summed E-state index contributed by atoms with van der Waals surface area (Å²) in [7, 11) is 0. The van der Waals surface area contributed by atoms with Gasteiger partial charge in [-0.15, -0.1) is 10.2 Å². The number of hydrogen-bond donors (Lipinski definition) is 0. The first kappa shape index (κ1) is 14.7. The molecule has 1 saturated carbocycles. The van der Waals surface area contributed by atoms with E-state index in [2.05, 4.69) is 46.5 Å². The van der Waals surface area contributed by atoms with E-state index < -0.39 is 0 Å². The fourth-order valence-corrected chi connectivity index (χ4v) is 3.33. The number of aromatic nitrogens is 4. The third-order valence-electron chi connectivity index (χ3n) is 5.25. The summed E-state index contributed by atoms with van der Waals surface area (Å²) >= 11 is 0. The third-order valence-corrected chi connectivity index (χ3v) is 5.25. The van der Waals surface area contributed by atoms with E-state index in [1.807, 2.05) is 6.20 Å². The molecule has 23 heavy (non-hydrogen) atoms. The Morgan fingerprint density at radius 3 is 2.74 bits per heavy atom. The molecule has 0 radical (unpaired) electrons. The standard InChI is InChI=1S/C18H25N5/c1-4-6-9-22-12-15-20-21-17(18(3)7-8-18)23(15)16-14(22)10-13(5-2)11-19-16/h10-11H,4-9,12H2,1-3H3. The molecule has 5 nitrogen and oxygen atoms in total. The highest BCUT2D eigenvalue weighted by molar-refractivity contribution is 5.63. The molecule has 122 valence electrons. The highest BCUT2D eigenvalue weighted by Crippen LogP contribution is 2.48. The first-order chi connectivity index (χ1) is 11.2. The maximum absolute atomic E-state index is 4.81. The van der Waals surface area contributed by atoms with Crippen LogP contribution < -0.4 is 4.90 Å². The topological polar surface area (TPSA) is 46.8 Å². The van der Waals surface area contributed by atoms with Gasteiger partial charge in [0.1, 0.15) is 5.82 Å². The summed E-state index contributed by atoms with van der Waals surface area (Å²) in [4.78, 5) is 7.23. The van der Waals surface area contributed by atoms with Gasteiger partial charge in [-0.05, 0) is 37.3 Å². The van der Waals surface area contributed by atoms with Crippen molar-refractivity contribution in [1.29, 1.82) is 0 Å². The summed E-state index contributed by atoms with van der Waals surface area (Å²) in [5.74, 6) is 3.15. The Balaban J connectivity index is 1.83. The molecular weight excluding hydrogens is 286 g/mol. The second-order valence-electron chi connectivity index (χ2n) is 7.15. The number of anilines is 1. The number of nitrogens with zero attached hydrogens (tertiary/aromatic N) is 5. The molecule has 3 heterocycles. The lowest BCUT2D eigenvalue weighted by Crippen LogP contribution is -2.32. The molecule has 2 aromatic rings. The molecule has 0 amide bonds. The number of fused-ring (bicyclic) bond motifs is 3. The Hall–Kier alpha value is -1.91. The van der Waals surface area contributed by atoms with Crippen LogP contribution in [0.4, 0.5) is 5.69 Å². The van der Waals surface area contributed by atoms with Gasteiger partial charge in [0.25, 0.3) is 0 Å². The molecule has 2 aromatic heterocycles. The minimum atomic E-state index is 0.194. The highest BCUT2D eigenvalue weighted by atomic mass is 15.4. The van der Waals surface area contributed by atoms with Crippen molar-refractivity contribution in [3.05, 3.63) is 29.5 Å². The molecule has 0 atom stereocenters. The quantitative estimate of drug-likeness (QED) is 0.849. The van der Waals surface area contributed by atoms with Crippen LogP contribution in [0.2, 0.25) is 0 Å². The molecule has 2 aliphatic rings. The largest absolute Gasteiger partial charge is 0.361 e. The van der Waals surface area contributed by atoms with Crippen molar-refractivity contribution >= 4 is 5.69 Å². The monoisotopic (exact) mass is 311 g/mol. The second-order valence-corrected chi connectivity index (χ2v) is 7.15. The lowest BCUT2D eigenvalue weighted by Gasteiger charge is -2.31. The molecular formula is C18H25N5. The van der Waals surface area contributed by atoms with E-state index in [9.17, 15) is 0 Å². The summed E-state index contributed by atoms with van der Waals surface area (Å²) in [5, 5.41) is 9.03. The minimum Gasteiger partial charge on any atom is -0.361 e. The summed E-state index contributed by atoms with van der Waals surface area (Å²) in [6.07, 6.45) is 7.81. The van der Waals surface area contributed by atoms with Crippen LogP contribution in [0.25, 0.3) is 5.82 Å². The van der Waals surface area contributed by atoms with Gasteiger partial charge in [-0.25, -0.2) is 4.98 Å². The maximum Gasteiger partial charge on any atom is 0.163 e. The van der Waals surface area contributed by atoms with E-state index in [1.165, 1.54) is 36.9 Å². The zero-order valence-corrected chi connectivity index (χ0v) is 14.3. The van der Waals surface area contributed by atoms with Crippen molar-refractivity contribution in [1.82, 2.24) is 19.7 Å². The van der Waals surface area contributed by atoms with Crippen molar-refractivity contribution in [2.75, 3.05) is 11.4 Å². The predicted molar refractivity (Wildman–Crippen MR) is 91.1 cm³/mol. The van der Waals surface area contributed by atoms with Crippen molar-refractivity contribution in [2.45, 2.75) is 64.8 Å². The number of pyridine rings is 1. The van der Waals surface area contributed by atoms with Crippen molar-refractivity contribution in [3.63, 3.8) is 0 Å². The summed E-state index contributed by atoms with van der Waals surface area (Å²) in [5.41, 5.74) is 2.73. The molecule has 0 unspecified atom stereocenters. The first-order valence-corrected chi connectivity index (χ1v) is 8.85. The van der Waals surface area contributed by atoms with Crippen LogP contribution in [0.3, 0.4) is 0 Å². The van der Waals surface area contributed by atoms with Gasteiger partial charge in [0.05, 0.1) is 12.2 Å². The summed E-state index contributed by atoms with van der Waals surface area (Å²) in [6, 6.07) is 2.31. The van der Waals surface area contributed by atoms with Gasteiger partial charge in [0.2, 0.25) is 0 Å². The molecule has 1 aliphatic carbocycles. The molecule has 0 bridgehead atoms. The van der Waals surface area contributed by atoms with Crippen LogP contribution in [0.5, 0.6) is 0 Å². The molecule has 0 saturated heterocycles. The molecule has 0 N–H and O–H groups in total. The van der Waals surface area contributed by atoms with Crippen LogP contribution in [-0.2, 0) is 18.4 Å². The summed E-state index contributed by atoms with van der Waals surface area (Å²) < 4.78 is 2.23. The van der Waals surface area contributed by atoms with E-state index in [-0.39, 0.29) is 5.41 Å². The van der Waals surface area contributed by atoms with Crippen molar-refractivity contribution in [3.8, 4) is 5.82 Å². The van der Waals surface area contributed by atoms with E-state index in [0.29, 0.717) is 0 Å². The van der Waals surface area contributed by atoms with Gasteiger partial charge in [-0.2, -0.15) is 0 Å². The van der Waals surface area contributed by atoms with Crippen molar-refractivity contribution < 1.29 is 0 Å². The Morgan fingerprint density at radius 1 is 1.22 bits per heavy atom. The number of rotatable bonds is 5. The minimum absolute atomic E-state index is 0.194. The van der Waals surface area contributed by atoms with Gasteiger partial charge < -0.3 is 4.90 Å². The van der Waals surface area contributed by atoms with Crippen LogP contribution in [0, 0.1) is 0 Å². The van der Waals surface area contributed by atoms with Crippen LogP contribution in [-0.4, -0.2) is 26.3 Å². The molecule has 1 fully saturated rings. The van der Waals surface area contributed by atoms with Gasteiger partial charge in [0.15, 0.2) is 11.6 Å². The van der Waals surface area contributed by atoms with Crippen LogP contribution in [0.1, 0.15) is 63.7 Å². The Bertz CT molecular complexity index is 729. The average Bonchev–Trinajstić information content (AvgIpc) is 3.17. The average molecular weight is 311 g/mol. The molecule has 5 heteroatoms. The molecule has 0 aromatic carbocycles. The van der Waals surface area contributed by atoms with E-state index in [1.54, 1.807) is 0 Å². The first-order valence-electron chi connectivity index (χ1n) is 8.85. The Kier molecular flexibility index (Phi) is 3.39. The Labute approximate surface area is 137 Å². The zero-order valence-electron chi connectivity index (χ0n) is 14.3. The van der Waals surface area contributed by atoms with Gasteiger partial charge in [-0.1, -0.05) is 27.2 Å². The lowest BCUT2D eigenvalue weighted by atomic mass is 10.1. The van der Waals surface area contributed by atoms with Crippen LogP contribution >= 0.6 is 0 Å². The normalized spacial score (nSPS) is 17.8. The fourth-order valence-electron chi connectivity index (χ4n) is 3.33. The fraction of sp³-hybridized carbons (Fsp3) is 0.611. The van der Waals surface area contributed by atoms with E-state index >= 15 is 0 Å². The van der Waals surface area contributed by atoms with Crippen LogP contribution in [0.15, 0.2) is 12.3 Å². The molecule has 4 rings (SSSR count). The number of unbranched alkanes of at least 4 members (excludes halogenated alkanes) is 1. The van der Waals surface area contributed by atoms with Crippen molar-refractivity contribution in [2.24, 2.45) is 0 Å². The number of aryl methyl sites for hydroxylation is 1. The highest BCUT2D eigenvalue weighted by Gasteiger charge is 2.45. The molecule has 1 aliphatic heterocycles. The number of hydrogen-bond acceptors (Lipinski definition) is 4.